The summed E-state index contributed by atoms with van der Waals surface area (Å²) in [4.78, 5) is 14.9. The van der Waals surface area contributed by atoms with Gasteiger partial charge in [-0.25, -0.2) is 9.97 Å². The molecule has 0 unspecified atom stereocenters. The lowest BCUT2D eigenvalue weighted by atomic mass is 10.2. The molecule has 0 saturated carbocycles. The highest BCUT2D eigenvalue weighted by molar-refractivity contribution is 5.68. The average Bonchev–Trinajstić information content (AvgIpc) is 2.72. The van der Waals surface area contributed by atoms with Crippen molar-refractivity contribution in [1.29, 1.82) is 0 Å². The molecule has 2 aromatic heterocycles. The van der Waals surface area contributed by atoms with Crippen molar-refractivity contribution in [2.24, 2.45) is 0 Å². The van der Waals surface area contributed by atoms with E-state index in [2.05, 4.69) is 15.0 Å². The van der Waals surface area contributed by atoms with Crippen molar-refractivity contribution < 1.29 is 14.2 Å². The molecule has 0 N–H and O–H groups in total. The maximum absolute atomic E-state index is 5.42. The summed E-state index contributed by atoms with van der Waals surface area (Å²) in [5.74, 6) is 2.23. The minimum Gasteiger partial charge on any atom is -0.493 e. The fraction of sp³-hybridized carbons (Fsp3) is 0.211. The van der Waals surface area contributed by atoms with E-state index in [1.165, 1.54) is 0 Å². The highest BCUT2D eigenvalue weighted by Gasteiger charge is 2.17. The SMILES string of the molecule is COc1cc(N(C)c2nccc(-c3ccncc3)n2)cc(OC)c1OC. The van der Waals surface area contributed by atoms with Crippen LogP contribution in [-0.4, -0.2) is 43.3 Å². The first-order chi connectivity index (χ1) is 12.7. The Kier molecular flexibility index (Phi) is 5.17. The number of nitrogens with zero attached hydrogens (tertiary/aromatic N) is 4. The largest absolute Gasteiger partial charge is 0.493 e. The molecular weight excluding hydrogens is 332 g/mol. The van der Waals surface area contributed by atoms with Crippen molar-refractivity contribution >= 4 is 11.6 Å². The number of hydrogen-bond acceptors (Lipinski definition) is 7. The van der Waals surface area contributed by atoms with Gasteiger partial charge in [0.05, 0.1) is 32.7 Å². The molecule has 7 heteroatoms. The van der Waals surface area contributed by atoms with Crippen LogP contribution in [-0.2, 0) is 0 Å². The predicted molar refractivity (Wildman–Crippen MR) is 99.4 cm³/mol. The number of anilines is 2. The smallest absolute Gasteiger partial charge is 0.230 e. The van der Waals surface area contributed by atoms with Crippen LogP contribution >= 0.6 is 0 Å². The van der Waals surface area contributed by atoms with Crippen LogP contribution in [0.5, 0.6) is 17.2 Å². The van der Waals surface area contributed by atoms with Gasteiger partial charge in [0.1, 0.15) is 0 Å². The monoisotopic (exact) mass is 352 g/mol. The van der Waals surface area contributed by atoms with Gasteiger partial charge >= 0.3 is 0 Å². The molecule has 0 aliphatic rings. The zero-order chi connectivity index (χ0) is 18.5. The van der Waals surface area contributed by atoms with Crippen molar-refractivity contribution in [3.8, 4) is 28.5 Å². The van der Waals surface area contributed by atoms with Gasteiger partial charge in [0.25, 0.3) is 0 Å². The molecule has 3 rings (SSSR count). The lowest BCUT2D eigenvalue weighted by molar-refractivity contribution is 0.324. The van der Waals surface area contributed by atoms with Crippen molar-refractivity contribution in [3.05, 3.63) is 48.9 Å². The van der Waals surface area contributed by atoms with Crippen LogP contribution in [0.4, 0.5) is 11.6 Å². The molecule has 7 nitrogen and oxygen atoms in total. The van der Waals surface area contributed by atoms with Gasteiger partial charge in [-0.05, 0) is 18.2 Å². The van der Waals surface area contributed by atoms with Crippen LogP contribution in [0.25, 0.3) is 11.3 Å². The number of methoxy groups -OCH3 is 3. The summed E-state index contributed by atoms with van der Waals surface area (Å²) in [6, 6.07) is 9.38. The molecule has 0 bridgehead atoms. The van der Waals surface area contributed by atoms with Crippen molar-refractivity contribution in [2.75, 3.05) is 33.3 Å². The summed E-state index contributed by atoms with van der Waals surface area (Å²) in [7, 11) is 6.63. The number of pyridine rings is 1. The summed E-state index contributed by atoms with van der Waals surface area (Å²) in [6.07, 6.45) is 5.20. The Morgan fingerprint density at radius 2 is 1.50 bits per heavy atom. The summed E-state index contributed by atoms with van der Waals surface area (Å²) in [5, 5.41) is 0. The zero-order valence-electron chi connectivity index (χ0n) is 15.1. The molecule has 0 saturated heterocycles. The van der Waals surface area contributed by atoms with Gasteiger partial charge in [-0.2, -0.15) is 0 Å². The van der Waals surface area contributed by atoms with E-state index in [0.717, 1.165) is 16.9 Å². The topological polar surface area (TPSA) is 69.6 Å². The molecule has 0 aliphatic heterocycles. The molecule has 3 aromatic rings. The van der Waals surface area contributed by atoms with Crippen LogP contribution < -0.4 is 19.1 Å². The predicted octanol–water partition coefficient (Wildman–Crippen LogP) is 3.33. The minimum absolute atomic E-state index is 0.540. The maximum atomic E-state index is 5.42. The molecular formula is C19H20N4O3. The second kappa shape index (κ2) is 7.69. The first kappa shape index (κ1) is 17.5. The minimum atomic E-state index is 0.540. The molecule has 134 valence electrons. The quantitative estimate of drug-likeness (QED) is 0.674. The first-order valence-corrected chi connectivity index (χ1v) is 7.95. The molecule has 0 spiro atoms. The summed E-state index contributed by atoms with van der Waals surface area (Å²) < 4.78 is 16.2. The Hall–Kier alpha value is -3.35. The second-order valence-electron chi connectivity index (χ2n) is 5.42. The lowest BCUT2D eigenvalue weighted by Crippen LogP contribution is -2.13. The van der Waals surface area contributed by atoms with Crippen LogP contribution in [0.1, 0.15) is 0 Å². The van der Waals surface area contributed by atoms with Crippen molar-refractivity contribution in [1.82, 2.24) is 15.0 Å². The van der Waals surface area contributed by atoms with Crippen LogP contribution in [0, 0.1) is 0 Å². The molecule has 2 heterocycles. The second-order valence-corrected chi connectivity index (χ2v) is 5.42. The van der Waals surface area contributed by atoms with E-state index in [0.29, 0.717) is 23.2 Å². The van der Waals surface area contributed by atoms with Crippen LogP contribution in [0.2, 0.25) is 0 Å². The Bertz CT molecular complexity index is 862. The zero-order valence-corrected chi connectivity index (χ0v) is 15.1. The molecule has 0 radical (unpaired) electrons. The number of rotatable bonds is 6. The third-order valence-corrected chi connectivity index (χ3v) is 3.96. The van der Waals surface area contributed by atoms with Gasteiger partial charge in [0, 0.05) is 43.3 Å². The molecule has 0 aliphatic carbocycles. The fourth-order valence-corrected chi connectivity index (χ4v) is 2.57. The normalized spacial score (nSPS) is 10.3. The first-order valence-electron chi connectivity index (χ1n) is 7.95. The van der Waals surface area contributed by atoms with E-state index in [4.69, 9.17) is 14.2 Å². The summed E-state index contributed by atoms with van der Waals surface area (Å²) >= 11 is 0. The highest BCUT2D eigenvalue weighted by atomic mass is 16.5. The van der Waals surface area contributed by atoms with Gasteiger partial charge in [0.2, 0.25) is 11.7 Å². The van der Waals surface area contributed by atoms with Crippen molar-refractivity contribution in [2.45, 2.75) is 0 Å². The fourth-order valence-electron chi connectivity index (χ4n) is 2.57. The van der Waals surface area contributed by atoms with E-state index >= 15 is 0 Å². The van der Waals surface area contributed by atoms with Gasteiger partial charge < -0.3 is 19.1 Å². The molecule has 26 heavy (non-hydrogen) atoms. The third kappa shape index (κ3) is 3.37. The molecule has 1 aromatic carbocycles. The van der Waals surface area contributed by atoms with Gasteiger partial charge in [-0.1, -0.05) is 0 Å². The van der Waals surface area contributed by atoms with Gasteiger partial charge in [-0.15, -0.1) is 0 Å². The van der Waals surface area contributed by atoms with Crippen molar-refractivity contribution in [3.63, 3.8) is 0 Å². The molecule has 0 atom stereocenters. The van der Waals surface area contributed by atoms with Crippen LogP contribution in [0.15, 0.2) is 48.9 Å². The number of benzene rings is 1. The van der Waals surface area contributed by atoms with E-state index in [1.807, 2.05) is 42.3 Å². The van der Waals surface area contributed by atoms with E-state index in [9.17, 15) is 0 Å². The Morgan fingerprint density at radius 1 is 0.846 bits per heavy atom. The molecule has 0 amide bonds. The van der Waals surface area contributed by atoms with E-state index in [-0.39, 0.29) is 0 Å². The highest BCUT2D eigenvalue weighted by Crippen LogP contribution is 2.41. The third-order valence-electron chi connectivity index (χ3n) is 3.96. The Labute approximate surface area is 152 Å². The summed E-state index contributed by atoms with van der Waals surface area (Å²) in [6.45, 7) is 0. The number of hydrogen-bond donors (Lipinski definition) is 0. The number of ether oxygens (including phenoxy) is 3. The lowest BCUT2D eigenvalue weighted by Gasteiger charge is -2.21. The van der Waals surface area contributed by atoms with E-state index < -0.39 is 0 Å². The summed E-state index contributed by atoms with van der Waals surface area (Å²) in [5.41, 5.74) is 2.60. The van der Waals surface area contributed by atoms with Gasteiger partial charge in [-0.3, -0.25) is 4.98 Å². The standard InChI is InChI=1S/C19H20N4O3/c1-23(14-11-16(24-2)18(26-4)17(12-14)25-3)19-21-10-7-15(22-19)13-5-8-20-9-6-13/h5-12H,1-4H3. The number of aromatic nitrogens is 3. The Balaban J connectivity index is 2.01. The van der Waals surface area contributed by atoms with Gasteiger partial charge in [0.15, 0.2) is 11.5 Å². The average molecular weight is 352 g/mol. The maximum Gasteiger partial charge on any atom is 0.230 e. The van der Waals surface area contributed by atoms with E-state index in [1.54, 1.807) is 39.9 Å². The Morgan fingerprint density at radius 3 is 2.08 bits per heavy atom. The molecule has 0 fully saturated rings. The van der Waals surface area contributed by atoms with Crippen LogP contribution in [0.3, 0.4) is 0 Å².